The molecule has 2 aliphatic rings. The van der Waals surface area contributed by atoms with Crippen LogP contribution < -0.4 is 10.6 Å². The Bertz CT molecular complexity index is 1020. The van der Waals surface area contributed by atoms with E-state index in [1.807, 2.05) is 6.92 Å². The zero-order valence-electron chi connectivity index (χ0n) is 19.3. The van der Waals surface area contributed by atoms with Gasteiger partial charge in [0.25, 0.3) is 11.7 Å². The van der Waals surface area contributed by atoms with E-state index in [1.165, 1.54) is 25.7 Å². The molecule has 2 aromatic carbocycles. The Morgan fingerprint density at radius 3 is 2.41 bits per heavy atom. The average molecular weight is 489 g/mol. The van der Waals surface area contributed by atoms with Gasteiger partial charge in [-0.05, 0) is 87.3 Å². The molecule has 5 nitrogen and oxygen atoms in total. The third-order valence-electron chi connectivity index (χ3n) is 6.96. The number of nitrogens with one attached hydrogen (secondary N) is 2. The van der Waals surface area contributed by atoms with Gasteiger partial charge in [-0.3, -0.25) is 4.79 Å². The lowest BCUT2D eigenvalue weighted by molar-refractivity contribution is -0.130. The van der Waals surface area contributed by atoms with Crippen LogP contribution in [0.4, 0.5) is 20.2 Å². The molecule has 2 saturated carbocycles. The van der Waals surface area contributed by atoms with Gasteiger partial charge in [-0.1, -0.05) is 30.3 Å². The summed E-state index contributed by atoms with van der Waals surface area (Å²) >= 11 is 0.473. The fourth-order valence-corrected chi connectivity index (χ4v) is 5.78. The Hall–Kier alpha value is -2.61. The second-order valence-corrected chi connectivity index (χ2v) is 10.3. The van der Waals surface area contributed by atoms with E-state index in [0.29, 0.717) is 39.9 Å². The van der Waals surface area contributed by atoms with Crippen LogP contribution in [0.3, 0.4) is 0 Å². The van der Waals surface area contributed by atoms with Crippen molar-refractivity contribution in [2.24, 2.45) is 17.8 Å². The van der Waals surface area contributed by atoms with E-state index >= 15 is 0 Å². The molecule has 0 radical (unpaired) electrons. The molecule has 0 heterocycles. The molecule has 2 bridgehead atoms. The molecular weight excluding hydrogens is 458 g/mol. The van der Waals surface area contributed by atoms with Gasteiger partial charge in [-0.25, -0.2) is 4.79 Å². The van der Waals surface area contributed by atoms with E-state index in [-0.39, 0.29) is 17.5 Å². The van der Waals surface area contributed by atoms with Gasteiger partial charge in [0.1, 0.15) is 0 Å². The monoisotopic (exact) mass is 488 g/mol. The third kappa shape index (κ3) is 5.90. The number of benzene rings is 2. The fraction of sp³-hybridized carbons (Fsp3) is 0.462. The van der Waals surface area contributed by atoms with Gasteiger partial charge in [-0.2, -0.15) is 8.78 Å². The first-order valence-electron chi connectivity index (χ1n) is 11.7. The zero-order chi connectivity index (χ0) is 24.2. The minimum absolute atomic E-state index is 0.0594. The Labute approximate surface area is 203 Å². The number of carbonyl (C=O) groups excluding carboxylic acids is 2. The topological polar surface area (TPSA) is 67.4 Å². The number of anilines is 2. The van der Waals surface area contributed by atoms with Crippen LogP contribution >= 0.6 is 11.8 Å². The summed E-state index contributed by atoms with van der Waals surface area (Å²) in [6.07, 6.45) is 4.07. The number of alkyl halides is 2. The molecule has 34 heavy (non-hydrogen) atoms. The van der Waals surface area contributed by atoms with Gasteiger partial charge >= 0.3 is 5.97 Å². The van der Waals surface area contributed by atoms with Crippen molar-refractivity contribution < 1.29 is 23.1 Å². The molecular formula is C26H30F2N2O3S. The maximum atomic E-state index is 12.9. The van der Waals surface area contributed by atoms with Crippen molar-refractivity contribution in [2.75, 3.05) is 5.32 Å². The first-order chi connectivity index (χ1) is 16.3. The average Bonchev–Trinajstić information content (AvgIpc) is 3.44. The van der Waals surface area contributed by atoms with E-state index in [1.54, 1.807) is 55.5 Å². The Kier molecular flexibility index (Phi) is 7.76. The quantitative estimate of drug-likeness (QED) is 0.323. The number of para-hydroxylation sites is 1. The number of thioether (sulfide) groups is 1. The van der Waals surface area contributed by atoms with Gasteiger partial charge in [0, 0.05) is 16.6 Å². The van der Waals surface area contributed by atoms with Crippen LogP contribution in [0.5, 0.6) is 0 Å². The Balaban J connectivity index is 1.35. The van der Waals surface area contributed by atoms with Gasteiger partial charge < -0.3 is 15.4 Å². The van der Waals surface area contributed by atoms with Crippen molar-refractivity contribution in [3.63, 3.8) is 0 Å². The molecule has 2 aliphatic carbocycles. The highest BCUT2D eigenvalue weighted by Gasteiger charge is 2.42. The maximum Gasteiger partial charge on any atom is 0.341 e. The van der Waals surface area contributed by atoms with Crippen LogP contribution in [0.25, 0.3) is 0 Å². The van der Waals surface area contributed by atoms with Crippen LogP contribution in [-0.2, 0) is 9.53 Å². The fourth-order valence-electron chi connectivity index (χ4n) is 5.28. The van der Waals surface area contributed by atoms with Gasteiger partial charge in [-0.15, -0.1) is 0 Å². The number of rotatable bonds is 9. The number of halogens is 2. The van der Waals surface area contributed by atoms with E-state index in [0.717, 1.165) is 5.92 Å². The number of hydrogen-bond donors (Lipinski definition) is 2. The minimum Gasteiger partial charge on any atom is -0.449 e. The number of amides is 1. The molecule has 0 spiro atoms. The van der Waals surface area contributed by atoms with Crippen LogP contribution in [0.1, 0.15) is 49.9 Å². The molecule has 5 atom stereocenters. The van der Waals surface area contributed by atoms with Crippen molar-refractivity contribution in [1.82, 2.24) is 5.32 Å². The molecule has 8 heteroatoms. The summed E-state index contributed by atoms with van der Waals surface area (Å²) < 4.78 is 30.5. The van der Waals surface area contributed by atoms with Crippen LogP contribution in [-0.4, -0.2) is 29.8 Å². The first kappa shape index (κ1) is 24.5. The summed E-state index contributed by atoms with van der Waals surface area (Å²) in [5.41, 5.74) is 1.43. The van der Waals surface area contributed by atoms with E-state index in [4.69, 9.17) is 4.74 Å². The molecule has 2 N–H and O–H groups in total. The van der Waals surface area contributed by atoms with Crippen molar-refractivity contribution in [3.05, 3.63) is 54.1 Å². The number of fused-ring (bicyclic) bond motifs is 2. The first-order valence-corrected chi connectivity index (χ1v) is 12.6. The third-order valence-corrected chi connectivity index (χ3v) is 7.69. The second-order valence-electron chi connectivity index (χ2n) is 9.26. The van der Waals surface area contributed by atoms with Crippen molar-refractivity contribution in [3.8, 4) is 0 Å². The lowest BCUT2D eigenvalue weighted by atomic mass is 9.84. The van der Waals surface area contributed by atoms with Gasteiger partial charge in [0.05, 0.1) is 11.3 Å². The second kappa shape index (κ2) is 10.8. The van der Waals surface area contributed by atoms with E-state index in [9.17, 15) is 18.4 Å². The molecule has 0 aliphatic heterocycles. The van der Waals surface area contributed by atoms with Crippen molar-refractivity contribution in [1.29, 1.82) is 0 Å². The summed E-state index contributed by atoms with van der Waals surface area (Å²) in [4.78, 5) is 26.0. The molecule has 0 unspecified atom stereocenters. The Morgan fingerprint density at radius 1 is 1.03 bits per heavy atom. The molecule has 0 saturated heterocycles. The Morgan fingerprint density at radius 2 is 1.76 bits per heavy atom. The minimum atomic E-state index is -2.48. The number of ether oxygens (including phenoxy) is 1. The van der Waals surface area contributed by atoms with Gasteiger partial charge in [0.15, 0.2) is 6.10 Å². The normalized spacial score (nSPS) is 22.9. The molecule has 2 aromatic rings. The predicted molar refractivity (Wildman–Crippen MR) is 129 cm³/mol. The summed E-state index contributed by atoms with van der Waals surface area (Å²) in [6, 6.07) is 13.4. The lowest BCUT2D eigenvalue weighted by Gasteiger charge is -2.29. The highest BCUT2D eigenvalue weighted by Crippen LogP contribution is 2.49. The highest BCUT2D eigenvalue weighted by molar-refractivity contribution is 7.99. The molecule has 182 valence electrons. The molecule has 2 fully saturated rings. The maximum absolute atomic E-state index is 12.9. The summed E-state index contributed by atoms with van der Waals surface area (Å²) in [6.45, 7) is 3.62. The number of hydrogen-bond acceptors (Lipinski definition) is 5. The molecule has 1 amide bonds. The summed E-state index contributed by atoms with van der Waals surface area (Å²) in [7, 11) is 0. The largest absolute Gasteiger partial charge is 0.449 e. The van der Waals surface area contributed by atoms with Crippen LogP contribution in [0.15, 0.2) is 53.4 Å². The molecule has 4 rings (SSSR count). The van der Waals surface area contributed by atoms with Gasteiger partial charge in [0.2, 0.25) is 0 Å². The molecule has 0 aromatic heterocycles. The van der Waals surface area contributed by atoms with E-state index in [2.05, 4.69) is 10.6 Å². The smallest absolute Gasteiger partial charge is 0.341 e. The zero-order valence-corrected chi connectivity index (χ0v) is 20.1. The predicted octanol–water partition coefficient (Wildman–Crippen LogP) is 6.23. The number of carbonyl (C=O) groups is 2. The standard InChI is InChI=1S/C26H30F2N2O3S/c1-15(22-14-17-7-8-18(22)13-17)29-24(31)16(2)33-25(32)21-5-3-4-6-23(21)30-19-9-11-20(12-10-19)34-26(27)28/h3-6,9-12,15-18,22,26,30H,7-8,13-14H2,1-2H3,(H,29,31)/t15-,16-,17-,18-,22+/m1/s1. The van der Waals surface area contributed by atoms with Crippen molar-refractivity contribution in [2.45, 2.75) is 62.3 Å². The summed E-state index contributed by atoms with van der Waals surface area (Å²) in [5.74, 6) is -1.39. The number of esters is 1. The summed E-state index contributed by atoms with van der Waals surface area (Å²) in [5, 5.41) is 6.17. The van der Waals surface area contributed by atoms with E-state index < -0.39 is 17.8 Å². The lowest BCUT2D eigenvalue weighted by Crippen LogP contribution is -2.45. The van der Waals surface area contributed by atoms with Crippen LogP contribution in [0, 0.1) is 17.8 Å². The SMILES string of the molecule is C[C@@H](OC(=O)c1ccccc1Nc1ccc(SC(F)F)cc1)C(=O)N[C@H](C)[C@@H]1C[C@@H]2CC[C@@H]1C2. The van der Waals surface area contributed by atoms with Crippen LogP contribution in [0.2, 0.25) is 0 Å². The van der Waals surface area contributed by atoms with Crippen molar-refractivity contribution >= 4 is 35.0 Å². The highest BCUT2D eigenvalue weighted by atomic mass is 32.2.